The van der Waals surface area contributed by atoms with Crippen molar-refractivity contribution < 1.29 is 19.4 Å². The minimum Gasteiger partial charge on any atom is -0.469 e. The average molecular weight is 328 g/mol. The fourth-order valence-corrected chi connectivity index (χ4v) is 2.65. The van der Waals surface area contributed by atoms with Crippen LogP contribution < -0.4 is 0 Å². The molecule has 0 fully saturated rings. The van der Waals surface area contributed by atoms with Crippen LogP contribution in [0.3, 0.4) is 0 Å². The third kappa shape index (κ3) is 14.4. The first-order chi connectivity index (χ1) is 11.1. The predicted octanol–water partition coefficient (Wildman–Crippen LogP) is 4.57. The van der Waals surface area contributed by atoms with E-state index in [0.717, 1.165) is 44.9 Å². The lowest BCUT2D eigenvalue weighted by Crippen LogP contribution is -2.19. The fraction of sp³-hybridized carbons (Fsp3) is 0.895. The first-order valence-corrected chi connectivity index (χ1v) is 9.39. The number of aliphatic hydroxyl groups excluding tert-OH is 1. The van der Waals surface area contributed by atoms with Gasteiger partial charge >= 0.3 is 5.97 Å². The van der Waals surface area contributed by atoms with Gasteiger partial charge in [0.25, 0.3) is 0 Å². The Hall–Kier alpha value is -0.900. The molecule has 0 aromatic heterocycles. The Morgan fingerprint density at radius 1 is 0.826 bits per heavy atom. The Morgan fingerprint density at radius 3 is 1.96 bits per heavy atom. The van der Waals surface area contributed by atoms with Crippen LogP contribution in [0.25, 0.3) is 0 Å². The molecule has 136 valence electrons. The predicted molar refractivity (Wildman–Crippen MR) is 93.3 cm³/mol. The quantitative estimate of drug-likeness (QED) is 0.333. The highest BCUT2D eigenvalue weighted by Crippen LogP contribution is 2.12. The molecular formula is C19H36O4. The largest absolute Gasteiger partial charge is 0.469 e. The summed E-state index contributed by atoms with van der Waals surface area (Å²) in [7, 11) is 1.41. The maximum absolute atomic E-state index is 11.8. The third-order valence-corrected chi connectivity index (χ3v) is 4.23. The van der Waals surface area contributed by atoms with Crippen LogP contribution in [-0.4, -0.2) is 30.1 Å². The Labute approximate surface area is 142 Å². The first-order valence-electron chi connectivity index (χ1n) is 9.39. The molecule has 1 N–H and O–H groups in total. The van der Waals surface area contributed by atoms with Gasteiger partial charge in [-0.1, -0.05) is 64.7 Å². The molecule has 0 aromatic carbocycles. The highest BCUT2D eigenvalue weighted by Gasteiger charge is 2.13. The molecule has 0 rings (SSSR count). The van der Waals surface area contributed by atoms with Crippen molar-refractivity contribution in [1.29, 1.82) is 0 Å². The zero-order chi connectivity index (χ0) is 17.3. The van der Waals surface area contributed by atoms with E-state index in [0.29, 0.717) is 19.3 Å². The van der Waals surface area contributed by atoms with E-state index in [4.69, 9.17) is 0 Å². The number of esters is 1. The lowest BCUT2D eigenvalue weighted by atomic mass is 10.0. The number of carbonyl (C=O) groups excluding carboxylic acids is 2. The van der Waals surface area contributed by atoms with E-state index in [1.165, 1.54) is 32.8 Å². The van der Waals surface area contributed by atoms with Crippen molar-refractivity contribution in [1.82, 2.24) is 0 Å². The summed E-state index contributed by atoms with van der Waals surface area (Å²) in [5.41, 5.74) is 0. The summed E-state index contributed by atoms with van der Waals surface area (Å²) in [5, 5.41) is 9.85. The highest BCUT2D eigenvalue weighted by molar-refractivity contribution is 5.82. The average Bonchev–Trinajstić information content (AvgIpc) is 2.56. The van der Waals surface area contributed by atoms with Gasteiger partial charge in [-0.15, -0.1) is 0 Å². The molecular weight excluding hydrogens is 292 g/mol. The Morgan fingerprint density at radius 2 is 1.35 bits per heavy atom. The summed E-state index contributed by atoms with van der Waals surface area (Å²) in [6.07, 6.45) is 12.5. The van der Waals surface area contributed by atoms with Crippen LogP contribution in [0.1, 0.15) is 96.8 Å². The van der Waals surface area contributed by atoms with Gasteiger partial charge in [-0.2, -0.15) is 0 Å². The zero-order valence-corrected chi connectivity index (χ0v) is 15.1. The second-order valence-electron chi connectivity index (χ2n) is 6.38. The molecule has 0 saturated heterocycles. The van der Waals surface area contributed by atoms with Crippen molar-refractivity contribution in [3.63, 3.8) is 0 Å². The topological polar surface area (TPSA) is 63.6 Å². The molecule has 0 amide bonds. The zero-order valence-electron chi connectivity index (χ0n) is 15.1. The van der Waals surface area contributed by atoms with Gasteiger partial charge < -0.3 is 9.84 Å². The van der Waals surface area contributed by atoms with Gasteiger partial charge in [-0.3, -0.25) is 9.59 Å². The fourth-order valence-electron chi connectivity index (χ4n) is 2.65. The lowest BCUT2D eigenvalue weighted by molar-refractivity contribution is -0.140. The molecule has 23 heavy (non-hydrogen) atoms. The molecule has 0 aliphatic heterocycles. The highest BCUT2D eigenvalue weighted by atomic mass is 16.5. The van der Waals surface area contributed by atoms with Crippen LogP contribution in [0.2, 0.25) is 0 Å². The lowest BCUT2D eigenvalue weighted by Gasteiger charge is -2.09. The van der Waals surface area contributed by atoms with Gasteiger partial charge in [0.1, 0.15) is 6.10 Å². The van der Waals surface area contributed by atoms with Crippen molar-refractivity contribution in [2.24, 2.45) is 0 Å². The molecule has 0 aromatic rings. The number of unbranched alkanes of at least 4 members (excludes halogenated alkanes) is 9. The summed E-state index contributed by atoms with van der Waals surface area (Å²) >= 11 is 0. The number of methoxy groups -OCH3 is 1. The number of hydrogen-bond donors (Lipinski definition) is 1. The Balaban J connectivity index is 3.42. The van der Waals surface area contributed by atoms with Crippen LogP contribution in [0, 0.1) is 0 Å². The molecule has 0 radical (unpaired) electrons. The number of hydrogen-bond acceptors (Lipinski definition) is 4. The molecule has 0 aliphatic carbocycles. The molecule has 0 unspecified atom stereocenters. The van der Waals surface area contributed by atoms with Gasteiger partial charge in [0.2, 0.25) is 0 Å². The van der Waals surface area contributed by atoms with Gasteiger partial charge in [0.05, 0.1) is 7.11 Å². The van der Waals surface area contributed by atoms with E-state index in [1.54, 1.807) is 0 Å². The van der Waals surface area contributed by atoms with Crippen molar-refractivity contribution in [3.05, 3.63) is 0 Å². The van der Waals surface area contributed by atoms with Gasteiger partial charge in [0, 0.05) is 12.8 Å². The molecule has 4 nitrogen and oxygen atoms in total. The van der Waals surface area contributed by atoms with Crippen LogP contribution in [0.15, 0.2) is 0 Å². The van der Waals surface area contributed by atoms with Crippen molar-refractivity contribution in [2.75, 3.05) is 7.11 Å². The first kappa shape index (κ1) is 22.1. The summed E-state index contributed by atoms with van der Waals surface area (Å²) in [5.74, 6) is -0.161. The Kier molecular flexibility index (Phi) is 15.4. The van der Waals surface area contributed by atoms with E-state index in [1.807, 2.05) is 0 Å². The second-order valence-corrected chi connectivity index (χ2v) is 6.38. The van der Waals surface area contributed by atoms with E-state index < -0.39 is 6.10 Å². The van der Waals surface area contributed by atoms with Crippen LogP contribution in [-0.2, 0) is 14.3 Å². The number of ether oxygens (including phenoxy) is 1. The van der Waals surface area contributed by atoms with Crippen molar-refractivity contribution >= 4 is 11.8 Å². The summed E-state index contributed by atoms with van der Waals surface area (Å²) in [6, 6.07) is 0. The van der Waals surface area contributed by atoms with E-state index in [9.17, 15) is 14.7 Å². The second kappa shape index (κ2) is 16.0. The Bertz CT molecular complexity index is 302. The number of aliphatic hydroxyl groups is 1. The normalized spacial score (nSPS) is 12.1. The number of ketones is 1. The smallest absolute Gasteiger partial charge is 0.305 e. The SMILES string of the molecule is CCCCCCCC[C@H](O)C(=O)CCCCCCCC(=O)OC. The van der Waals surface area contributed by atoms with Gasteiger partial charge in [0.15, 0.2) is 5.78 Å². The van der Waals surface area contributed by atoms with E-state index in [2.05, 4.69) is 11.7 Å². The van der Waals surface area contributed by atoms with Crippen molar-refractivity contribution in [3.8, 4) is 0 Å². The molecule has 1 atom stereocenters. The summed E-state index contributed by atoms with van der Waals surface area (Å²) < 4.78 is 4.58. The van der Waals surface area contributed by atoms with E-state index >= 15 is 0 Å². The monoisotopic (exact) mass is 328 g/mol. The molecule has 4 heteroatoms. The number of rotatable bonds is 16. The maximum atomic E-state index is 11.8. The van der Waals surface area contributed by atoms with E-state index in [-0.39, 0.29) is 11.8 Å². The summed E-state index contributed by atoms with van der Waals surface area (Å²) in [6.45, 7) is 2.20. The molecule has 0 saturated carbocycles. The van der Waals surface area contributed by atoms with Crippen LogP contribution >= 0.6 is 0 Å². The molecule has 0 bridgehead atoms. The molecule has 0 heterocycles. The van der Waals surface area contributed by atoms with Gasteiger partial charge in [-0.25, -0.2) is 0 Å². The third-order valence-electron chi connectivity index (χ3n) is 4.23. The number of carbonyl (C=O) groups is 2. The minimum atomic E-state index is -0.763. The minimum absolute atomic E-state index is 0.00637. The van der Waals surface area contributed by atoms with Crippen LogP contribution in [0.5, 0.6) is 0 Å². The standard InChI is InChI=1S/C19H36O4/c1-3-4-5-6-8-11-14-17(20)18(21)15-12-9-7-10-13-16-19(22)23-2/h17,20H,3-16H2,1-2H3/t17-/m0/s1. The molecule has 0 aliphatic rings. The molecule has 0 spiro atoms. The van der Waals surface area contributed by atoms with Gasteiger partial charge in [-0.05, 0) is 19.3 Å². The maximum Gasteiger partial charge on any atom is 0.305 e. The number of Topliss-reactive ketones (excluding diaryl/α,β-unsaturated/α-hetero) is 1. The van der Waals surface area contributed by atoms with Crippen molar-refractivity contribution in [2.45, 2.75) is 103 Å². The van der Waals surface area contributed by atoms with Crippen LogP contribution in [0.4, 0.5) is 0 Å². The summed E-state index contributed by atoms with van der Waals surface area (Å²) in [4.78, 5) is 22.7.